The lowest BCUT2D eigenvalue weighted by Crippen LogP contribution is -2.25. The van der Waals surface area contributed by atoms with Crippen LogP contribution in [0.4, 0.5) is 21.0 Å². The Morgan fingerprint density at radius 3 is 1.52 bits per heavy atom. The first-order chi connectivity index (χ1) is 15.1. The topological polar surface area (TPSA) is 120 Å². The first-order valence-corrected chi connectivity index (χ1v) is 9.69. The van der Waals surface area contributed by atoms with Gasteiger partial charge in [0.1, 0.15) is 25.8 Å². The maximum atomic E-state index is 11.9. The number of carbonyl (C=O) groups is 4. The number of ether oxygens (including phenoxy) is 3. The van der Waals surface area contributed by atoms with E-state index < -0.39 is 12.2 Å². The second-order valence-corrected chi connectivity index (χ2v) is 6.88. The summed E-state index contributed by atoms with van der Waals surface area (Å²) in [5, 5.41) is 5.14. The van der Waals surface area contributed by atoms with Crippen molar-refractivity contribution >= 4 is 36.1 Å². The molecular formula is C22H22N2O7. The molecule has 1 aliphatic heterocycles. The average Bonchev–Trinajstić information content (AvgIpc) is 3.25. The molecule has 2 aromatic rings. The van der Waals surface area contributed by atoms with Gasteiger partial charge in [0.2, 0.25) is 0 Å². The minimum atomic E-state index is -0.623. The molecule has 0 bridgehead atoms. The summed E-state index contributed by atoms with van der Waals surface area (Å²) in [6, 6.07) is 12.8. The summed E-state index contributed by atoms with van der Waals surface area (Å²) >= 11 is 0. The van der Waals surface area contributed by atoms with Crippen molar-refractivity contribution in [2.45, 2.75) is 25.0 Å². The molecular weight excluding hydrogens is 404 g/mol. The van der Waals surface area contributed by atoms with E-state index >= 15 is 0 Å². The standard InChI is InChI=1S/C22H22N2O7/c25-11-15-1-5-17(6-2-15)23-21(27)29-13-19-9-10-20(31-19)14-30-22(28)24-18-7-3-16(12-26)4-8-18/h1-8,11-12,19-20H,9-10,13-14H2,(H,23,27)(H,24,28). The summed E-state index contributed by atoms with van der Waals surface area (Å²) in [6.07, 6.45) is 0.967. The van der Waals surface area contributed by atoms with Crippen LogP contribution in [0.2, 0.25) is 0 Å². The van der Waals surface area contributed by atoms with Gasteiger partial charge in [0.15, 0.2) is 0 Å². The fraction of sp³-hybridized carbons (Fsp3) is 0.273. The van der Waals surface area contributed by atoms with Crippen LogP contribution < -0.4 is 10.6 Å². The molecule has 2 atom stereocenters. The van der Waals surface area contributed by atoms with E-state index in [1.807, 2.05) is 0 Å². The Hall–Kier alpha value is -3.72. The Kier molecular flexibility index (Phi) is 7.72. The number of carbonyl (C=O) groups excluding carboxylic acids is 4. The molecule has 0 aromatic heterocycles. The van der Waals surface area contributed by atoms with Gasteiger partial charge in [0.25, 0.3) is 0 Å². The first-order valence-electron chi connectivity index (χ1n) is 9.69. The summed E-state index contributed by atoms with van der Waals surface area (Å²) in [7, 11) is 0. The van der Waals surface area contributed by atoms with E-state index in [0.29, 0.717) is 35.3 Å². The number of anilines is 2. The molecule has 0 aliphatic carbocycles. The quantitative estimate of drug-likeness (QED) is 0.618. The maximum absolute atomic E-state index is 11.9. The van der Waals surface area contributed by atoms with Crippen molar-refractivity contribution in [1.29, 1.82) is 0 Å². The number of amides is 2. The molecule has 3 rings (SSSR count). The zero-order valence-corrected chi connectivity index (χ0v) is 16.6. The molecule has 162 valence electrons. The molecule has 0 spiro atoms. The van der Waals surface area contributed by atoms with E-state index in [-0.39, 0.29) is 25.4 Å². The minimum absolute atomic E-state index is 0.0734. The smallest absolute Gasteiger partial charge is 0.411 e. The molecule has 31 heavy (non-hydrogen) atoms. The van der Waals surface area contributed by atoms with Crippen LogP contribution in [0.25, 0.3) is 0 Å². The molecule has 1 heterocycles. The second kappa shape index (κ2) is 10.9. The largest absolute Gasteiger partial charge is 0.447 e. The summed E-state index contributed by atoms with van der Waals surface area (Å²) in [5.41, 5.74) is 2.05. The third-order valence-electron chi connectivity index (χ3n) is 4.58. The molecule has 2 N–H and O–H groups in total. The SMILES string of the molecule is O=Cc1ccc(NC(=O)OCC2CCC(COC(=O)Nc3ccc(C=O)cc3)O2)cc1. The molecule has 2 aromatic carbocycles. The van der Waals surface area contributed by atoms with Crippen molar-refractivity contribution in [3.63, 3.8) is 0 Å². The fourth-order valence-electron chi connectivity index (χ4n) is 2.96. The first kappa shape index (κ1) is 22.0. The lowest BCUT2D eigenvalue weighted by molar-refractivity contribution is -0.0167. The van der Waals surface area contributed by atoms with Gasteiger partial charge >= 0.3 is 12.2 Å². The third kappa shape index (κ3) is 6.93. The van der Waals surface area contributed by atoms with Gasteiger partial charge in [-0.1, -0.05) is 0 Å². The van der Waals surface area contributed by atoms with Crippen molar-refractivity contribution < 1.29 is 33.4 Å². The van der Waals surface area contributed by atoms with Gasteiger partial charge in [0, 0.05) is 22.5 Å². The highest BCUT2D eigenvalue weighted by molar-refractivity contribution is 5.86. The number of nitrogens with one attached hydrogen (secondary N) is 2. The van der Waals surface area contributed by atoms with Crippen molar-refractivity contribution in [3.8, 4) is 0 Å². The normalized spacial score (nSPS) is 17.4. The highest BCUT2D eigenvalue weighted by Gasteiger charge is 2.27. The predicted octanol–water partition coefficient (Wildman–Crippen LogP) is 3.66. The fourth-order valence-corrected chi connectivity index (χ4v) is 2.96. The lowest BCUT2D eigenvalue weighted by atomic mass is 10.2. The van der Waals surface area contributed by atoms with Crippen LogP contribution in [0.15, 0.2) is 48.5 Å². The van der Waals surface area contributed by atoms with E-state index in [0.717, 1.165) is 12.6 Å². The Labute approximate surface area is 178 Å². The molecule has 9 nitrogen and oxygen atoms in total. The lowest BCUT2D eigenvalue weighted by Gasteiger charge is -2.15. The molecule has 9 heteroatoms. The van der Waals surface area contributed by atoms with Gasteiger partial charge in [-0.05, 0) is 61.4 Å². The van der Waals surface area contributed by atoms with Gasteiger partial charge in [-0.15, -0.1) is 0 Å². The predicted molar refractivity (Wildman–Crippen MR) is 111 cm³/mol. The van der Waals surface area contributed by atoms with Crippen molar-refractivity contribution in [1.82, 2.24) is 0 Å². The van der Waals surface area contributed by atoms with Gasteiger partial charge < -0.3 is 14.2 Å². The van der Waals surface area contributed by atoms with Crippen LogP contribution in [0.1, 0.15) is 33.6 Å². The molecule has 1 saturated heterocycles. The Balaban J connectivity index is 1.33. The monoisotopic (exact) mass is 426 g/mol. The summed E-state index contributed by atoms with van der Waals surface area (Å²) in [6.45, 7) is 0.147. The highest BCUT2D eigenvalue weighted by Crippen LogP contribution is 2.21. The summed E-state index contributed by atoms with van der Waals surface area (Å²) in [4.78, 5) is 45.0. The Morgan fingerprint density at radius 1 is 0.774 bits per heavy atom. The number of rotatable bonds is 8. The van der Waals surface area contributed by atoms with Crippen LogP contribution in [-0.2, 0) is 14.2 Å². The highest BCUT2D eigenvalue weighted by atomic mass is 16.6. The molecule has 1 aliphatic rings. The van der Waals surface area contributed by atoms with Crippen LogP contribution in [-0.4, -0.2) is 50.2 Å². The zero-order valence-electron chi connectivity index (χ0n) is 16.6. The van der Waals surface area contributed by atoms with E-state index in [9.17, 15) is 19.2 Å². The van der Waals surface area contributed by atoms with Crippen molar-refractivity contribution in [2.75, 3.05) is 23.8 Å². The second-order valence-electron chi connectivity index (χ2n) is 6.88. The van der Waals surface area contributed by atoms with E-state index in [2.05, 4.69) is 10.6 Å². The third-order valence-corrected chi connectivity index (χ3v) is 4.58. The van der Waals surface area contributed by atoms with E-state index in [4.69, 9.17) is 14.2 Å². The summed E-state index contributed by atoms with van der Waals surface area (Å²) < 4.78 is 16.1. The van der Waals surface area contributed by atoms with Gasteiger partial charge in [-0.25, -0.2) is 9.59 Å². The van der Waals surface area contributed by atoms with Crippen LogP contribution >= 0.6 is 0 Å². The van der Waals surface area contributed by atoms with Gasteiger partial charge in [-0.2, -0.15) is 0 Å². The number of benzene rings is 2. The zero-order chi connectivity index (χ0) is 22.1. The average molecular weight is 426 g/mol. The molecule has 2 amide bonds. The number of aldehydes is 2. The molecule has 2 unspecified atom stereocenters. The Bertz CT molecular complexity index is 837. The minimum Gasteiger partial charge on any atom is -0.447 e. The van der Waals surface area contributed by atoms with Gasteiger partial charge in [-0.3, -0.25) is 20.2 Å². The van der Waals surface area contributed by atoms with E-state index in [1.165, 1.54) is 0 Å². The van der Waals surface area contributed by atoms with Crippen molar-refractivity contribution in [3.05, 3.63) is 59.7 Å². The molecule has 0 saturated carbocycles. The summed E-state index contributed by atoms with van der Waals surface area (Å²) in [5.74, 6) is 0. The van der Waals surface area contributed by atoms with Gasteiger partial charge in [0.05, 0.1) is 12.2 Å². The van der Waals surface area contributed by atoms with Crippen LogP contribution in [0, 0.1) is 0 Å². The number of hydrogen-bond donors (Lipinski definition) is 2. The molecule has 0 radical (unpaired) electrons. The van der Waals surface area contributed by atoms with Crippen molar-refractivity contribution in [2.24, 2.45) is 0 Å². The van der Waals surface area contributed by atoms with Crippen LogP contribution in [0.3, 0.4) is 0 Å². The Morgan fingerprint density at radius 2 is 1.16 bits per heavy atom. The van der Waals surface area contributed by atoms with Crippen LogP contribution in [0.5, 0.6) is 0 Å². The maximum Gasteiger partial charge on any atom is 0.411 e. The van der Waals surface area contributed by atoms with E-state index in [1.54, 1.807) is 48.5 Å². The molecule has 1 fully saturated rings. The number of hydrogen-bond acceptors (Lipinski definition) is 7.